The minimum atomic E-state index is -1.19. The SMILES string of the molecule is C[C@]1(CC(=O)O)C(=O)N(Cc2ccc(C#N)cc2F)c2ccccc21. The van der Waals surface area contributed by atoms with Crippen molar-refractivity contribution < 1.29 is 19.1 Å². The van der Waals surface area contributed by atoms with Gasteiger partial charge in [-0.2, -0.15) is 5.26 Å². The van der Waals surface area contributed by atoms with Crippen molar-refractivity contribution in [1.29, 1.82) is 5.26 Å². The van der Waals surface area contributed by atoms with Gasteiger partial charge in [-0.15, -0.1) is 0 Å². The molecule has 6 heteroatoms. The highest BCUT2D eigenvalue weighted by atomic mass is 19.1. The van der Waals surface area contributed by atoms with E-state index in [2.05, 4.69) is 0 Å². The summed E-state index contributed by atoms with van der Waals surface area (Å²) in [6.45, 7) is 1.57. The van der Waals surface area contributed by atoms with Gasteiger partial charge in [0.25, 0.3) is 0 Å². The molecule has 1 N–H and O–H groups in total. The largest absolute Gasteiger partial charge is 0.481 e. The van der Waals surface area contributed by atoms with E-state index in [1.807, 2.05) is 6.07 Å². The molecular formula is C19H15FN2O3. The normalized spacial score (nSPS) is 18.8. The molecule has 1 aliphatic heterocycles. The third-order valence-corrected chi connectivity index (χ3v) is 4.52. The van der Waals surface area contributed by atoms with Crippen molar-refractivity contribution in [3.63, 3.8) is 0 Å². The lowest BCUT2D eigenvalue weighted by atomic mass is 9.81. The Balaban J connectivity index is 2.02. The summed E-state index contributed by atoms with van der Waals surface area (Å²) in [5.41, 5.74) is 0.481. The first-order valence-corrected chi connectivity index (χ1v) is 7.68. The number of anilines is 1. The predicted octanol–water partition coefficient (Wildman–Crippen LogP) is 2.98. The van der Waals surface area contributed by atoms with Gasteiger partial charge < -0.3 is 10.0 Å². The number of nitriles is 1. The second-order valence-corrected chi connectivity index (χ2v) is 6.23. The summed E-state index contributed by atoms with van der Waals surface area (Å²) in [6.07, 6.45) is -0.338. The van der Waals surface area contributed by atoms with Gasteiger partial charge >= 0.3 is 5.97 Å². The molecule has 1 heterocycles. The summed E-state index contributed by atoms with van der Waals surface area (Å²) in [5, 5.41) is 18.0. The Labute approximate surface area is 143 Å². The molecule has 2 aromatic carbocycles. The zero-order valence-corrected chi connectivity index (χ0v) is 13.5. The van der Waals surface area contributed by atoms with Crippen molar-refractivity contribution in [3.8, 4) is 6.07 Å². The quantitative estimate of drug-likeness (QED) is 0.929. The van der Waals surface area contributed by atoms with Gasteiger partial charge in [0.2, 0.25) is 5.91 Å². The molecule has 0 saturated heterocycles. The van der Waals surface area contributed by atoms with Crippen molar-refractivity contribution in [2.24, 2.45) is 0 Å². The van der Waals surface area contributed by atoms with E-state index in [1.54, 1.807) is 31.2 Å². The van der Waals surface area contributed by atoms with Gasteiger partial charge in [0.1, 0.15) is 5.82 Å². The Morgan fingerprint density at radius 1 is 1.32 bits per heavy atom. The van der Waals surface area contributed by atoms with Crippen LogP contribution in [0.4, 0.5) is 10.1 Å². The van der Waals surface area contributed by atoms with E-state index in [0.29, 0.717) is 11.3 Å². The van der Waals surface area contributed by atoms with Crippen LogP contribution in [0.15, 0.2) is 42.5 Å². The fourth-order valence-corrected chi connectivity index (χ4v) is 3.24. The number of hydrogen-bond acceptors (Lipinski definition) is 3. The molecule has 2 aromatic rings. The Morgan fingerprint density at radius 2 is 2.04 bits per heavy atom. The summed E-state index contributed by atoms with van der Waals surface area (Å²) in [4.78, 5) is 25.6. The first kappa shape index (κ1) is 16.7. The molecule has 126 valence electrons. The number of para-hydroxylation sites is 1. The number of fused-ring (bicyclic) bond motifs is 1. The smallest absolute Gasteiger partial charge is 0.304 e. The monoisotopic (exact) mass is 338 g/mol. The number of halogens is 1. The molecule has 3 rings (SSSR count). The molecule has 0 aliphatic carbocycles. The molecule has 0 fully saturated rings. The number of carboxylic acid groups (broad SMARTS) is 1. The van der Waals surface area contributed by atoms with E-state index in [0.717, 1.165) is 6.07 Å². The summed E-state index contributed by atoms with van der Waals surface area (Å²) in [6, 6.07) is 12.9. The van der Waals surface area contributed by atoms with E-state index in [9.17, 15) is 19.1 Å². The highest BCUT2D eigenvalue weighted by Gasteiger charge is 2.48. The summed E-state index contributed by atoms with van der Waals surface area (Å²) in [7, 11) is 0. The Kier molecular flexibility index (Phi) is 4.01. The molecule has 25 heavy (non-hydrogen) atoms. The van der Waals surface area contributed by atoms with E-state index in [-0.39, 0.29) is 30.0 Å². The van der Waals surface area contributed by atoms with Crippen molar-refractivity contribution in [2.45, 2.75) is 25.3 Å². The molecule has 0 aromatic heterocycles. The second-order valence-electron chi connectivity index (χ2n) is 6.23. The van der Waals surface area contributed by atoms with Crippen LogP contribution < -0.4 is 4.90 Å². The molecule has 1 atom stereocenters. The third kappa shape index (κ3) is 2.74. The number of amides is 1. The fourth-order valence-electron chi connectivity index (χ4n) is 3.24. The van der Waals surface area contributed by atoms with Crippen LogP contribution in [0.25, 0.3) is 0 Å². The average molecular weight is 338 g/mol. The maximum Gasteiger partial charge on any atom is 0.304 e. The Bertz CT molecular complexity index is 919. The first-order valence-electron chi connectivity index (χ1n) is 7.68. The van der Waals surface area contributed by atoms with Crippen LogP contribution in [0.5, 0.6) is 0 Å². The maximum atomic E-state index is 14.2. The number of carboxylic acids is 1. The zero-order chi connectivity index (χ0) is 18.2. The number of nitrogens with zero attached hydrogens (tertiary/aromatic N) is 2. The molecule has 0 spiro atoms. The van der Waals surface area contributed by atoms with Crippen molar-refractivity contribution in [3.05, 3.63) is 65.0 Å². The van der Waals surface area contributed by atoms with E-state index >= 15 is 0 Å². The molecule has 0 saturated carbocycles. The third-order valence-electron chi connectivity index (χ3n) is 4.52. The summed E-state index contributed by atoms with van der Waals surface area (Å²) < 4.78 is 14.2. The molecule has 5 nitrogen and oxygen atoms in total. The Hall–Kier alpha value is -3.20. The van der Waals surface area contributed by atoms with Crippen molar-refractivity contribution >= 4 is 17.6 Å². The van der Waals surface area contributed by atoms with Gasteiger partial charge in [0.05, 0.1) is 30.0 Å². The van der Waals surface area contributed by atoms with Crippen LogP contribution in [-0.4, -0.2) is 17.0 Å². The topological polar surface area (TPSA) is 81.4 Å². The number of hydrogen-bond donors (Lipinski definition) is 1. The highest BCUT2D eigenvalue weighted by Crippen LogP contribution is 2.44. The molecule has 1 aliphatic rings. The van der Waals surface area contributed by atoms with Gasteiger partial charge in [-0.1, -0.05) is 24.3 Å². The van der Waals surface area contributed by atoms with Crippen LogP contribution in [0.2, 0.25) is 0 Å². The minimum absolute atomic E-state index is 0.0252. The highest BCUT2D eigenvalue weighted by molar-refractivity contribution is 6.09. The van der Waals surface area contributed by atoms with Crippen LogP contribution >= 0.6 is 0 Å². The molecular weight excluding hydrogens is 323 g/mol. The standard InChI is InChI=1S/C19H15FN2O3/c1-19(9-17(23)24)14-4-2-3-5-16(14)22(18(19)25)11-13-7-6-12(10-21)8-15(13)20/h2-8H,9,11H2,1H3,(H,23,24)/t19-/m1/s1. The van der Waals surface area contributed by atoms with E-state index in [1.165, 1.54) is 17.0 Å². The molecule has 1 amide bonds. The Morgan fingerprint density at radius 3 is 2.68 bits per heavy atom. The fraction of sp³-hybridized carbons (Fsp3) is 0.211. The number of aliphatic carboxylic acids is 1. The van der Waals surface area contributed by atoms with Crippen LogP contribution in [0.3, 0.4) is 0 Å². The second kappa shape index (κ2) is 6.02. The van der Waals surface area contributed by atoms with Crippen LogP contribution in [0.1, 0.15) is 30.0 Å². The van der Waals surface area contributed by atoms with Crippen LogP contribution in [-0.2, 0) is 21.5 Å². The van der Waals surface area contributed by atoms with Gasteiger partial charge in [-0.25, -0.2) is 4.39 Å². The van der Waals surface area contributed by atoms with Gasteiger partial charge in [0, 0.05) is 11.3 Å². The molecule has 0 unspecified atom stereocenters. The first-order chi connectivity index (χ1) is 11.9. The van der Waals surface area contributed by atoms with Gasteiger partial charge in [-0.05, 0) is 30.7 Å². The summed E-state index contributed by atoms with van der Waals surface area (Å²) in [5.74, 6) is -2.02. The molecule has 0 bridgehead atoms. The van der Waals surface area contributed by atoms with Crippen LogP contribution in [0, 0.1) is 17.1 Å². The van der Waals surface area contributed by atoms with E-state index in [4.69, 9.17) is 5.26 Å². The molecule has 0 radical (unpaired) electrons. The predicted molar refractivity (Wildman–Crippen MR) is 88.4 cm³/mol. The minimum Gasteiger partial charge on any atom is -0.481 e. The van der Waals surface area contributed by atoms with E-state index < -0.39 is 17.2 Å². The maximum absolute atomic E-state index is 14.2. The number of benzene rings is 2. The lowest BCUT2D eigenvalue weighted by Crippen LogP contribution is -2.39. The number of carbonyl (C=O) groups is 2. The van der Waals surface area contributed by atoms with Crippen molar-refractivity contribution in [1.82, 2.24) is 0 Å². The van der Waals surface area contributed by atoms with Gasteiger partial charge in [0.15, 0.2) is 0 Å². The summed E-state index contributed by atoms with van der Waals surface area (Å²) >= 11 is 0. The zero-order valence-electron chi connectivity index (χ0n) is 13.5. The van der Waals surface area contributed by atoms with Gasteiger partial charge in [-0.3, -0.25) is 9.59 Å². The average Bonchev–Trinajstić information content (AvgIpc) is 2.78. The number of carbonyl (C=O) groups excluding carboxylic acids is 1. The lowest BCUT2D eigenvalue weighted by molar-refractivity contribution is -0.141. The number of rotatable bonds is 4. The van der Waals surface area contributed by atoms with Crippen molar-refractivity contribution in [2.75, 3.05) is 4.90 Å². The lowest BCUT2D eigenvalue weighted by Gasteiger charge is -2.23.